The Hall–Kier alpha value is -1.06. The molecule has 2 atom stereocenters. The molecule has 17 heavy (non-hydrogen) atoms. The van der Waals surface area contributed by atoms with E-state index in [1.54, 1.807) is 0 Å². The van der Waals surface area contributed by atoms with Crippen molar-refractivity contribution < 1.29 is 14.7 Å². The summed E-state index contributed by atoms with van der Waals surface area (Å²) in [6.07, 6.45) is 3.45. The van der Waals surface area contributed by atoms with Crippen LogP contribution in [0.5, 0.6) is 0 Å². The van der Waals surface area contributed by atoms with E-state index in [1.165, 1.54) is 12.8 Å². The molecule has 2 aliphatic carbocycles. The maximum Gasteiger partial charge on any atom is 0.307 e. The number of aliphatic carboxylic acids is 1. The highest BCUT2D eigenvalue weighted by Gasteiger charge is 2.66. The van der Waals surface area contributed by atoms with Crippen molar-refractivity contribution in [2.75, 3.05) is 6.54 Å². The first-order valence-corrected chi connectivity index (χ1v) is 6.34. The molecule has 2 rings (SSSR count). The van der Waals surface area contributed by atoms with Gasteiger partial charge in [0.25, 0.3) is 0 Å². The summed E-state index contributed by atoms with van der Waals surface area (Å²) in [5.74, 6) is -1.80. The smallest absolute Gasteiger partial charge is 0.307 e. The summed E-state index contributed by atoms with van der Waals surface area (Å²) >= 11 is 0. The molecule has 0 aromatic carbocycles. The molecular formula is C13H21NO3. The summed E-state index contributed by atoms with van der Waals surface area (Å²) in [5, 5.41) is 12.0. The summed E-state index contributed by atoms with van der Waals surface area (Å²) < 4.78 is 0. The number of carbonyl (C=O) groups is 2. The number of nitrogens with one attached hydrogen (secondary N) is 1. The maximum absolute atomic E-state index is 12.0. The summed E-state index contributed by atoms with van der Waals surface area (Å²) in [7, 11) is 0. The minimum absolute atomic E-state index is 0.0814. The van der Waals surface area contributed by atoms with E-state index >= 15 is 0 Å². The Morgan fingerprint density at radius 3 is 2.24 bits per heavy atom. The molecule has 4 heteroatoms. The highest BCUT2D eigenvalue weighted by Crippen LogP contribution is 2.58. The normalized spacial score (nSPS) is 31.7. The van der Waals surface area contributed by atoms with E-state index in [2.05, 4.69) is 12.2 Å². The zero-order valence-electron chi connectivity index (χ0n) is 10.7. The van der Waals surface area contributed by atoms with Gasteiger partial charge in [0, 0.05) is 6.54 Å². The molecule has 0 heterocycles. The van der Waals surface area contributed by atoms with E-state index in [1.807, 2.05) is 13.8 Å². The van der Waals surface area contributed by atoms with Gasteiger partial charge in [0.2, 0.25) is 5.91 Å². The fraction of sp³-hybridized carbons (Fsp3) is 0.846. The number of amides is 1. The first-order chi connectivity index (χ1) is 7.84. The van der Waals surface area contributed by atoms with Gasteiger partial charge in [-0.05, 0) is 30.1 Å². The van der Waals surface area contributed by atoms with Crippen molar-refractivity contribution in [1.29, 1.82) is 0 Å². The quantitative estimate of drug-likeness (QED) is 0.766. The fourth-order valence-corrected chi connectivity index (χ4v) is 2.80. The lowest BCUT2D eigenvalue weighted by Crippen LogP contribution is -2.32. The molecule has 0 aromatic heterocycles. The van der Waals surface area contributed by atoms with Gasteiger partial charge < -0.3 is 10.4 Å². The van der Waals surface area contributed by atoms with Crippen LogP contribution in [-0.2, 0) is 9.59 Å². The lowest BCUT2D eigenvalue weighted by atomic mass is 10.0. The number of hydrogen-bond donors (Lipinski definition) is 2. The third-order valence-electron chi connectivity index (χ3n) is 4.72. The third kappa shape index (κ3) is 2.05. The highest BCUT2D eigenvalue weighted by atomic mass is 16.4. The van der Waals surface area contributed by atoms with Crippen LogP contribution in [0.25, 0.3) is 0 Å². The molecule has 0 radical (unpaired) electrons. The molecule has 0 unspecified atom stereocenters. The zero-order chi connectivity index (χ0) is 12.8. The standard InChI is InChI=1S/C13H21NO3/c1-4-13(5-6-13)7-14-10(15)8-9(11(16)17)12(8,2)3/h8-9H,4-7H2,1-3H3,(H,14,15)(H,16,17)/t8-,9+/m1/s1. The van der Waals surface area contributed by atoms with Crippen molar-refractivity contribution in [3.8, 4) is 0 Å². The topological polar surface area (TPSA) is 66.4 Å². The number of carboxylic acids is 1. The van der Waals surface area contributed by atoms with Gasteiger partial charge in [-0.3, -0.25) is 9.59 Å². The van der Waals surface area contributed by atoms with Crippen LogP contribution in [0.2, 0.25) is 0 Å². The van der Waals surface area contributed by atoms with Crippen molar-refractivity contribution in [3.63, 3.8) is 0 Å². The van der Waals surface area contributed by atoms with Crippen LogP contribution in [0.3, 0.4) is 0 Å². The molecule has 0 saturated heterocycles. The van der Waals surface area contributed by atoms with Gasteiger partial charge >= 0.3 is 5.97 Å². The van der Waals surface area contributed by atoms with Gasteiger partial charge in [0.05, 0.1) is 11.8 Å². The largest absolute Gasteiger partial charge is 0.481 e. The van der Waals surface area contributed by atoms with Crippen LogP contribution in [-0.4, -0.2) is 23.5 Å². The van der Waals surface area contributed by atoms with Crippen LogP contribution in [0.15, 0.2) is 0 Å². The second-order valence-electron chi connectivity index (χ2n) is 6.19. The minimum atomic E-state index is -0.855. The Balaban J connectivity index is 1.88. The predicted molar refractivity (Wildman–Crippen MR) is 63.4 cm³/mol. The number of rotatable bonds is 5. The monoisotopic (exact) mass is 239 g/mol. The Morgan fingerprint density at radius 1 is 1.29 bits per heavy atom. The molecule has 0 aliphatic heterocycles. The highest BCUT2D eigenvalue weighted by molar-refractivity contribution is 5.91. The minimum Gasteiger partial charge on any atom is -0.481 e. The number of hydrogen-bond acceptors (Lipinski definition) is 2. The third-order valence-corrected chi connectivity index (χ3v) is 4.72. The Bertz CT molecular complexity index is 358. The van der Waals surface area contributed by atoms with Crippen LogP contribution < -0.4 is 5.32 Å². The number of carbonyl (C=O) groups excluding carboxylic acids is 1. The molecule has 2 saturated carbocycles. The molecular weight excluding hydrogens is 218 g/mol. The molecule has 4 nitrogen and oxygen atoms in total. The van der Waals surface area contributed by atoms with Crippen molar-refractivity contribution in [2.45, 2.75) is 40.0 Å². The van der Waals surface area contributed by atoms with Crippen molar-refractivity contribution in [2.24, 2.45) is 22.7 Å². The van der Waals surface area contributed by atoms with E-state index in [0.29, 0.717) is 12.0 Å². The first-order valence-electron chi connectivity index (χ1n) is 6.34. The molecule has 1 amide bonds. The van der Waals surface area contributed by atoms with Gasteiger partial charge in [0.15, 0.2) is 0 Å². The second-order valence-corrected chi connectivity index (χ2v) is 6.19. The summed E-state index contributed by atoms with van der Waals surface area (Å²) in [4.78, 5) is 22.9. The summed E-state index contributed by atoms with van der Waals surface area (Å²) in [6, 6.07) is 0. The molecule has 2 N–H and O–H groups in total. The van der Waals surface area contributed by atoms with Gasteiger partial charge in [0.1, 0.15) is 0 Å². The van der Waals surface area contributed by atoms with E-state index in [4.69, 9.17) is 5.11 Å². The predicted octanol–water partition coefficient (Wildman–Crippen LogP) is 1.65. The Kier molecular flexibility index (Phi) is 2.71. The SMILES string of the molecule is CCC1(CNC(=O)[C@H]2[C@@H](C(=O)O)C2(C)C)CC1. The van der Waals surface area contributed by atoms with Crippen LogP contribution in [0, 0.1) is 22.7 Å². The van der Waals surface area contributed by atoms with Crippen molar-refractivity contribution in [1.82, 2.24) is 5.32 Å². The number of carboxylic acid groups (broad SMARTS) is 1. The fourth-order valence-electron chi connectivity index (χ4n) is 2.80. The molecule has 0 bridgehead atoms. The van der Waals surface area contributed by atoms with E-state index < -0.39 is 17.3 Å². The van der Waals surface area contributed by atoms with E-state index in [9.17, 15) is 9.59 Å². The Labute approximate surface area is 102 Å². The lowest BCUT2D eigenvalue weighted by Gasteiger charge is -2.13. The molecule has 0 aromatic rings. The van der Waals surface area contributed by atoms with Crippen LogP contribution in [0.1, 0.15) is 40.0 Å². The zero-order valence-corrected chi connectivity index (χ0v) is 10.7. The Morgan fingerprint density at radius 2 is 1.88 bits per heavy atom. The van der Waals surface area contributed by atoms with Crippen molar-refractivity contribution in [3.05, 3.63) is 0 Å². The van der Waals surface area contributed by atoms with Crippen LogP contribution >= 0.6 is 0 Å². The molecule has 0 spiro atoms. The second kappa shape index (κ2) is 3.72. The van der Waals surface area contributed by atoms with E-state index in [-0.39, 0.29) is 11.8 Å². The lowest BCUT2D eigenvalue weighted by molar-refractivity contribution is -0.140. The first kappa shape index (κ1) is 12.4. The van der Waals surface area contributed by atoms with Crippen molar-refractivity contribution >= 4 is 11.9 Å². The maximum atomic E-state index is 12.0. The summed E-state index contributed by atoms with van der Waals surface area (Å²) in [6.45, 7) is 6.55. The van der Waals surface area contributed by atoms with Crippen LogP contribution in [0.4, 0.5) is 0 Å². The average Bonchev–Trinajstić information content (AvgIpc) is 3.11. The average molecular weight is 239 g/mol. The van der Waals surface area contributed by atoms with E-state index in [0.717, 1.165) is 6.42 Å². The molecule has 96 valence electrons. The molecule has 2 fully saturated rings. The van der Waals surface area contributed by atoms with Gasteiger partial charge in [-0.2, -0.15) is 0 Å². The van der Waals surface area contributed by atoms with Gasteiger partial charge in [-0.15, -0.1) is 0 Å². The summed E-state index contributed by atoms with van der Waals surface area (Å²) in [5.41, 5.74) is -0.0771. The van der Waals surface area contributed by atoms with Gasteiger partial charge in [-0.25, -0.2) is 0 Å². The van der Waals surface area contributed by atoms with Gasteiger partial charge in [-0.1, -0.05) is 20.8 Å². The molecule has 2 aliphatic rings.